The molecular formula is C18H26N4O2S. The maximum absolute atomic E-state index is 12.5. The number of hydrogen-bond donors (Lipinski definition) is 0. The van der Waals surface area contributed by atoms with Gasteiger partial charge in [0.2, 0.25) is 5.91 Å². The Hall–Kier alpha value is -2.02. The third-order valence-electron chi connectivity index (χ3n) is 4.09. The molecular weight excluding hydrogens is 336 g/mol. The highest BCUT2D eigenvalue weighted by Crippen LogP contribution is 2.28. The predicted molar refractivity (Wildman–Crippen MR) is 101 cm³/mol. The van der Waals surface area contributed by atoms with Gasteiger partial charge in [0.05, 0.1) is 12.4 Å². The van der Waals surface area contributed by atoms with Crippen LogP contribution in [0.2, 0.25) is 0 Å². The molecule has 0 aliphatic rings. The van der Waals surface area contributed by atoms with Gasteiger partial charge in [-0.15, -0.1) is 10.2 Å². The van der Waals surface area contributed by atoms with E-state index >= 15 is 0 Å². The van der Waals surface area contributed by atoms with E-state index in [1.54, 1.807) is 7.11 Å². The highest BCUT2D eigenvalue weighted by molar-refractivity contribution is 8.00. The number of amides is 1. The lowest BCUT2D eigenvalue weighted by Gasteiger charge is -2.22. The average molecular weight is 362 g/mol. The van der Waals surface area contributed by atoms with Crippen LogP contribution in [-0.4, -0.2) is 51.0 Å². The maximum Gasteiger partial charge on any atom is 0.235 e. The van der Waals surface area contributed by atoms with E-state index in [-0.39, 0.29) is 11.2 Å². The Morgan fingerprint density at radius 2 is 1.84 bits per heavy atom. The van der Waals surface area contributed by atoms with Crippen LogP contribution in [0.5, 0.6) is 5.75 Å². The highest BCUT2D eigenvalue weighted by atomic mass is 32.2. The summed E-state index contributed by atoms with van der Waals surface area (Å²) < 4.78 is 7.24. The van der Waals surface area contributed by atoms with Crippen LogP contribution in [0.1, 0.15) is 27.7 Å². The Morgan fingerprint density at radius 1 is 1.20 bits per heavy atom. The van der Waals surface area contributed by atoms with E-state index in [0.717, 1.165) is 41.9 Å². The molecule has 1 aromatic carbocycles. The first-order valence-corrected chi connectivity index (χ1v) is 9.46. The van der Waals surface area contributed by atoms with Crippen LogP contribution in [0.4, 0.5) is 0 Å². The topological polar surface area (TPSA) is 60.3 Å². The van der Waals surface area contributed by atoms with Crippen LogP contribution in [0.3, 0.4) is 0 Å². The van der Waals surface area contributed by atoms with Crippen molar-refractivity contribution in [2.75, 3.05) is 20.2 Å². The van der Waals surface area contributed by atoms with E-state index in [4.69, 9.17) is 4.74 Å². The fourth-order valence-electron chi connectivity index (χ4n) is 2.62. The number of rotatable bonds is 8. The second-order valence-electron chi connectivity index (χ2n) is 5.55. The summed E-state index contributed by atoms with van der Waals surface area (Å²) >= 11 is 1.46. The molecule has 0 fully saturated rings. The molecule has 1 unspecified atom stereocenters. The van der Waals surface area contributed by atoms with E-state index in [2.05, 4.69) is 17.1 Å². The number of hydrogen-bond acceptors (Lipinski definition) is 5. The summed E-state index contributed by atoms with van der Waals surface area (Å²) in [4.78, 5) is 14.3. The minimum Gasteiger partial charge on any atom is -0.497 e. The number of carbonyl (C=O) groups excluding carboxylic acids is 1. The van der Waals surface area contributed by atoms with Crippen LogP contribution < -0.4 is 4.74 Å². The van der Waals surface area contributed by atoms with Crippen LogP contribution in [-0.2, 0) is 11.3 Å². The first-order chi connectivity index (χ1) is 12.0. The monoisotopic (exact) mass is 362 g/mol. The van der Waals surface area contributed by atoms with Crippen LogP contribution in [0.15, 0.2) is 29.4 Å². The first kappa shape index (κ1) is 19.3. The van der Waals surface area contributed by atoms with Crippen molar-refractivity contribution in [1.29, 1.82) is 0 Å². The Balaban J connectivity index is 2.22. The lowest BCUT2D eigenvalue weighted by molar-refractivity contribution is -0.129. The summed E-state index contributed by atoms with van der Waals surface area (Å²) in [6, 6.07) is 7.74. The van der Waals surface area contributed by atoms with Crippen molar-refractivity contribution in [1.82, 2.24) is 19.7 Å². The number of aromatic nitrogens is 3. The number of methoxy groups -OCH3 is 1. The van der Waals surface area contributed by atoms with E-state index in [9.17, 15) is 4.79 Å². The standard InChI is InChI=1S/C18H26N4O2S/c1-6-21(7-2)17(23)13(4)25-18-20-19-16(22(18)8-3)14-9-11-15(24-5)12-10-14/h9-13H,6-8H2,1-5H3. The SMILES string of the molecule is CCN(CC)C(=O)C(C)Sc1nnc(-c2ccc(OC)cc2)n1CC. The zero-order valence-corrected chi connectivity index (χ0v) is 16.3. The molecule has 0 aliphatic heterocycles. The number of nitrogens with zero attached hydrogens (tertiary/aromatic N) is 4. The van der Waals surface area contributed by atoms with Crippen molar-refractivity contribution in [3.63, 3.8) is 0 Å². The molecule has 1 atom stereocenters. The maximum atomic E-state index is 12.5. The predicted octanol–water partition coefficient (Wildman–Crippen LogP) is 3.32. The third kappa shape index (κ3) is 4.34. The van der Waals surface area contributed by atoms with Gasteiger partial charge < -0.3 is 14.2 Å². The number of ether oxygens (including phenoxy) is 1. The molecule has 0 bridgehead atoms. The van der Waals surface area contributed by atoms with E-state index < -0.39 is 0 Å². The fraction of sp³-hybridized carbons (Fsp3) is 0.500. The van der Waals surface area contributed by atoms with E-state index in [1.807, 2.05) is 54.5 Å². The molecule has 0 saturated heterocycles. The summed E-state index contributed by atoms with van der Waals surface area (Å²) in [5, 5.41) is 9.22. The van der Waals surface area contributed by atoms with Crippen molar-refractivity contribution in [3.05, 3.63) is 24.3 Å². The molecule has 0 spiro atoms. The molecule has 7 heteroatoms. The minimum absolute atomic E-state index is 0.131. The van der Waals surface area contributed by atoms with Gasteiger partial charge in [0.25, 0.3) is 0 Å². The summed E-state index contributed by atoms with van der Waals surface area (Å²) in [5.41, 5.74) is 0.977. The zero-order valence-electron chi connectivity index (χ0n) is 15.5. The normalized spacial score (nSPS) is 12.0. The molecule has 136 valence electrons. The molecule has 1 heterocycles. The fourth-order valence-corrected chi connectivity index (χ4v) is 3.61. The van der Waals surface area contributed by atoms with Gasteiger partial charge >= 0.3 is 0 Å². The highest BCUT2D eigenvalue weighted by Gasteiger charge is 2.23. The van der Waals surface area contributed by atoms with Gasteiger partial charge in [-0.3, -0.25) is 4.79 Å². The molecule has 2 rings (SSSR count). The quantitative estimate of drug-likeness (QED) is 0.674. The lowest BCUT2D eigenvalue weighted by atomic mass is 10.2. The number of thioether (sulfide) groups is 1. The second kappa shape index (κ2) is 8.89. The second-order valence-corrected chi connectivity index (χ2v) is 6.86. The summed E-state index contributed by atoms with van der Waals surface area (Å²) in [6.07, 6.45) is 0. The Labute approximate surface area is 153 Å². The average Bonchev–Trinajstić information content (AvgIpc) is 3.05. The van der Waals surface area contributed by atoms with Gasteiger partial charge in [-0.25, -0.2) is 0 Å². The number of carbonyl (C=O) groups is 1. The Kier molecular flexibility index (Phi) is 6.87. The molecule has 1 amide bonds. The molecule has 0 aliphatic carbocycles. The molecule has 0 N–H and O–H groups in total. The Bertz CT molecular complexity index is 696. The molecule has 1 aromatic heterocycles. The largest absolute Gasteiger partial charge is 0.497 e. The first-order valence-electron chi connectivity index (χ1n) is 8.58. The van der Waals surface area contributed by atoms with E-state index in [1.165, 1.54) is 11.8 Å². The van der Waals surface area contributed by atoms with Crippen LogP contribution in [0.25, 0.3) is 11.4 Å². The van der Waals surface area contributed by atoms with Crippen LogP contribution in [0, 0.1) is 0 Å². The molecule has 2 aromatic rings. The zero-order chi connectivity index (χ0) is 18.4. The smallest absolute Gasteiger partial charge is 0.235 e. The van der Waals surface area contributed by atoms with Crippen molar-refractivity contribution in [2.24, 2.45) is 0 Å². The van der Waals surface area contributed by atoms with Gasteiger partial charge in [0.1, 0.15) is 5.75 Å². The van der Waals surface area contributed by atoms with Gasteiger partial charge in [0, 0.05) is 25.2 Å². The summed E-state index contributed by atoms with van der Waals surface area (Å²) in [5.74, 6) is 1.74. The van der Waals surface area contributed by atoms with Crippen molar-refractivity contribution in [3.8, 4) is 17.1 Å². The van der Waals surface area contributed by atoms with Gasteiger partial charge in [-0.05, 0) is 52.0 Å². The summed E-state index contributed by atoms with van der Waals surface area (Å²) in [7, 11) is 1.65. The van der Waals surface area contributed by atoms with Gasteiger partial charge in [0.15, 0.2) is 11.0 Å². The molecule has 25 heavy (non-hydrogen) atoms. The Morgan fingerprint density at radius 3 is 2.36 bits per heavy atom. The molecule has 0 saturated carbocycles. The van der Waals surface area contributed by atoms with Gasteiger partial charge in [-0.1, -0.05) is 11.8 Å². The molecule has 6 nitrogen and oxygen atoms in total. The van der Waals surface area contributed by atoms with E-state index in [0.29, 0.717) is 0 Å². The molecule has 0 radical (unpaired) electrons. The number of benzene rings is 1. The summed E-state index contributed by atoms with van der Waals surface area (Å²) in [6.45, 7) is 10.1. The minimum atomic E-state index is -0.196. The van der Waals surface area contributed by atoms with Crippen LogP contribution >= 0.6 is 11.8 Å². The van der Waals surface area contributed by atoms with Crippen molar-refractivity contribution < 1.29 is 9.53 Å². The third-order valence-corrected chi connectivity index (χ3v) is 5.15. The van der Waals surface area contributed by atoms with Gasteiger partial charge in [-0.2, -0.15) is 0 Å². The van der Waals surface area contributed by atoms with Crippen molar-refractivity contribution in [2.45, 2.75) is 44.6 Å². The van der Waals surface area contributed by atoms with Crippen molar-refractivity contribution >= 4 is 17.7 Å². The lowest BCUT2D eigenvalue weighted by Crippen LogP contribution is -2.36.